The molecule has 0 saturated carbocycles. The van der Waals surface area contributed by atoms with Crippen LogP contribution >= 0.6 is 0 Å². The van der Waals surface area contributed by atoms with Gasteiger partial charge in [0.1, 0.15) is 0 Å². The van der Waals surface area contributed by atoms with Gasteiger partial charge in [-0.3, -0.25) is 9.69 Å². The molecule has 158 valence electrons. The Bertz CT molecular complexity index is 852. The van der Waals surface area contributed by atoms with Crippen LogP contribution in [0.2, 0.25) is 0 Å². The number of aromatic nitrogens is 1. The Morgan fingerprint density at radius 3 is 2.52 bits per heavy atom. The topological polar surface area (TPSA) is 34.5 Å². The first-order valence-electron chi connectivity index (χ1n) is 9.92. The van der Waals surface area contributed by atoms with E-state index in [-0.39, 0.29) is 12.2 Å². The predicted octanol–water partition coefficient (Wildman–Crippen LogP) is 4.27. The molecular formula is C22H27F3N2O2. The lowest BCUT2D eigenvalue weighted by Gasteiger charge is -2.26. The maximum Gasteiger partial charge on any atom is 0.416 e. The molecule has 0 bridgehead atoms. The SMILES string of the molecule is Cc1cc(C(=O)Cc2cccc(C(F)(F)F)c2)c(C)n1CCCN1CCOCC1. The molecule has 1 aliphatic rings. The van der Waals surface area contributed by atoms with Crippen LogP contribution in [0.25, 0.3) is 0 Å². The van der Waals surface area contributed by atoms with E-state index in [4.69, 9.17) is 4.74 Å². The van der Waals surface area contributed by atoms with Crippen molar-refractivity contribution in [1.82, 2.24) is 9.47 Å². The molecule has 0 N–H and O–H groups in total. The van der Waals surface area contributed by atoms with E-state index in [0.29, 0.717) is 11.1 Å². The lowest BCUT2D eigenvalue weighted by molar-refractivity contribution is -0.137. The van der Waals surface area contributed by atoms with Crippen LogP contribution in [-0.4, -0.2) is 48.1 Å². The summed E-state index contributed by atoms with van der Waals surface area (Å²) in [5, 5.41) is 0. The molecule has 0 atom stereocenters. The second-order valence-corrected chi connectivity index (χ2v) is 7.54. The van der Waals surface area contributed by atoms with Gasteiger partial charge in [-0.2, -0.15) is 13.2 Å². The summed E-state index contributed by atoms with van der Waals surface area (Å²) in [7, 11) is 0. The minimum Gasteiger partial charge on any atom is -0.379 e. The molecule has 1 fully saturated rings. The number of carbonyl (C=O) groups is 1. The fraction of sp³-hybridized carbons (Fsp3) is 0.500. The third-order valence-electron chi connectivity index (χ3n) is 5.45. The Morgan fingerprint density at radius 1 is 1.10 bits per heavy atom. The van der Waals surface area contributed by atoms with E-state index >= 15 is 0 Å². The van der Waals surface area contributed by atoms with Gasteiger partial charge in [-0.1, -0.05) is 18.2 Å². The summed E-state index contributed by atoms with van der Waals surface area (Å²) in [6.07, 6.45) is -3.48. The smallest absolute Gasteiger partial charge is 0.379 e. The summed E-state index contributed by atoms with van der Waals surface area (Å²) in [5.41, 5.74) is 2.11. The number of benzene rings is 1. The van der Waals surface area contributed by atoms with Gasteiger partial charge >= 0.3 is 6.18 Å². The summed E-state index contributed by atoms with van der Waals surface area (Å²) < 4.78 is 46.2. The van der Waals surface area contributed by atoms with Crippen LogP contribution in [0.3, 0.4) is 0 Å². The number of ether oxygens (including phenoxy) is 1. The molecule has 0 aliphatic carbocycles. The number of hydrogen-bond donors (Lipinski definition) is 0. The van der Waals surface area contributed by atoms with Crippen LogP contribution in [0.15, 0.2) is 30.3 Å². The fourth-order valence-corrected chi connectivity index (χ4v) is 3.84. The molecule has 0 unspecified atom stereocenters. The molecule has 7 heteroatoms. The minimum atomic E-state index is -4.41. The van der Waals surface area contributed by atoms with Gasteiger partial charge in [-0.05, 0) is 38.0 Å². The number of carbonyl (C=O) groups excluding carboxylic acids is 1. The molecule has 2 aromatic rings. The maximum atomic E-state index is 12.9. The minimum absolute atomic E-state index is 0.0397. The number of morpholine rings is 1. The van der Waals surface area contributed by atoms with E-state index in [1.807, 2.05) is 19.9 Å². The molecule has 4 nitrogen and oxygen atoms in total. The zero-order valence-corrected chi connectivity index (χ0v) is 16.9. The van der Waals surface area contributed by atoms with Crippen molar-refractivity contribution in [3.8, 4) is 0 Å². The van der Waals surface area contributed by atoms with E-state index in [1.165, 1.54) is 6.07 Å². The van der Waals surface area contributed by atoms with Gasteiger partial charge in [0.2, 0.25) is 0 Å². The van der Waals surface area contributed by atoms with E-state index in [2.05, 4.69) is 9.47 Å². The Morgan fingerprint density at radius 2 is 1.83 bits per heavy atom. The molecular weight excluding hydrogens is 381 g/mol. The highest BCUT2D eigenvalue weighted by atomic mass is 19.4. The van der Waals surface area contributed by atoms with Crippen molar-refractivity contribution in [2.24, 2.45) is 0 Å². The molecule has 3 rings (SSSR count). The Balaban J connectivity index is 1.65. The number of nitrogens with zero attached hydrogens (tertiary/aromatic N) is 2. The maximum absolute atomic E-state index is 12.9. The van der Waals surface area contributed by atoms with Crippen LogP contribution in [0.5, 0.6) is 0 Å². The first-order chi connectivity index (χ1) is 13.8. The van der Waals surface area contributed by atoms with Crippen LogP contribution in [0.4, 0.5) is 13.2 Å². The van der Waals surface area contributed by atoms with Gasteiger partial charge in [0.25, 0.3) is 0 Å². The van der Waals surface area contributed by atoms with Crippen molar-refractivity contribution < 1.29 is 22.7 Å². The van der Waals surface area contributed by atoms with Crippen molar-refractivity contribution in [3.63, 3.8) is 0 Å². The number of ketones is 1. The molecule has 1 saturated heterocycles. The van der Waals surface area contributed by atoms with Crippen LogP contribution in [-0.2, 0) is 23.9 Å². The average Bonchev–Trinajstić information content (AvgIpc) is 2.97. The van der Waals surface area contributed by atoms with Crippen molar-refractivity contribution in [2.75, 3.05) is 32.8 Å². The summed E-state index contributed by atoms with van der Waals surface area (Å²) in [4.78, 5) is 15.1. The Labute approximate surface area is 169 Å². The second kappa shape index (κ2) is 9.13. The third-order valence-corrected chi connectivity index (χ3v) is 5.45. The molecule has 0 spiro atoms. The van der Waals surface area contributed by atoms with Gasteiger partial charge in [0.05, 0.1) is 18.8 Å². The number of Topliss-reactive ketones (excluding diaryl/α,β-unsaturated/α-hetero) is 1. The average molecular weight is 408 g/mol. The largest absolute Gasteiger partial charge is 0.416 e. The summed E-state index contributed by atoms with van der Waals surface area (Å²) in [6.45, 7) is 9.10. The third kappa shape index (κ3) is 5.48. The molecule has 1 aromatic carbocycles. The molecule has 0 radical (unpaired) electrons. The van der Waals surface area contributed by atoms with Gasteiger partial charge in [0, 0.05) is 49.6 Å². The highest BCUT2D eigenvalue weighted by Gasteiger charge is 2.30. The number of hydrogen-bond acceptors (Lipinski definition) is 3. The van der Waals surface area contributed by atoms with E-state index in [9.17, 15) is 18.0 Å². The van der Waals surface area contributed by atoms with E-state index in [0.717, 1.165) is 69.3 Å². The monoisotopic (exact) mass is 408 g/mol. The zero-order valence-electron chi connectivity index (χ0n) is 16.9. The van der Waals surface area contributed by atoms with Crippen LogP contribution in [0.1, 0.15) is 39.3 Å². The van der Waals surface area contributed by atoms with Crippen LogP contribution < -0.4 is 0 Å². The number of aryl methyl sites for hydroxylation is 1. The van der Waals surface area contributed by atoms with Crippen molar-refractivity contribution in [1.29, 1.82) is 0 Å². The summed E-state index contributed by atoms with van der Waals surface area (Å²) >= 11 is 0. The first-order valence-corrected chi connectivity index (χ1v) is 9.92. The number of halogens is 3. The molecule has 1 aliphatic heterocycles. The normalized spacial score (nSPS) is 15.6. The second-order valence-electron chi connectivity index (χ2n) is 7.54. The Kier molecular flexibility index (Phi) is 6.80. The quantitative estimate of drug-likeness (QED) is 0.642. The molecule has 0 amide bonds. The first kappa shape index (κ1) is 21.6. The summed E-state index contributed by atoms with van der Waals surface area (Å²) in [5.74, 6) is -0.156. The molecule has 29 heavy (non-hydrogen) atoms. The van der Waals surface area contributed by atoms with E-state index in [1.54, 1.807) is 6.07 Å². The van der Waals surface area contributed by atoms with Gasteiger partial charge in [0.15, 0.2) is 5.78 Å². The standard InChI is InChI=1S/C22H27F3N2O2/c1-16-13-20(17(2)27(16)8-4-7-26-9-11-29-12-10-26)21(28)15-18-5-3-6-19(14-18)22(23,24)25/h3,5-6,13-14H,4,7-12,15H2,1-2H3. The van der Waals surface area contributed by atoms with Crippen molar-refractivity contribution in [3.05, 3.63) is 58.4 Å². The lowest BCUT2D eigenvalue weighted by Crippen LogP contribution is -2.37. The summed E-state index contributed by atoms with van der Waals surface area (Å²) in [6, 6.07) is 6.84. The van der Waals surface area contributed by atoms with Gasteiger partial charge in [-0.25, -0.2) is 0 Å². The number of rotatable bonds is 7. The molecule has 1 aromatic heterocycles. The lowest BCUT2D eigenvalue weighted by atomic mass is 10.0. The highest BCUT2D eigenvalue weighted by Crippen LogP contribution is 2.30. The van der Waals surface area contributed by atoms with Crippen molar-refractivity contribution in [2.45, 2.75) is 39.4 Å². The fourth-order valence-electron chi connectivity index (χ4n) is 3.84. The zero-order chi connectivity index (χ0) is 21.0. The predicted molar refractivity (Wildman–Crippen MR) is 105 cm³/mol. The van der Waals surface area contributed by atoms with Crippen LogP contribution in [0, 0.1) is 13.8 Å². The van der Waals surface area contributed by atoms with Crippen molar-refractivity contribution >= 4 is 5.78 Å². The van der Waals surface area contributed by atoms with Gasteiger partial charge in [-0.15, -0.1) is 0 Å². The Hall–Kier alpha value is -2.12. The highest BCUT2D eigenvalue weighted by molar-refractivity contribution is 5.98. The van der Waals surface area contributed by atoms with Gasteiger partial charge < -0.3 is 9.30 Å². The number of alkyl halides is 3. The molecule has 2 heterocycles. The van der Waals surface area contributed by atoms with E-state index < -0.39 is 11.7 Å².